The van der Waals surface area contributed by atoms with Gasteiger partial charge in [0.05, 0.1) is 6.61 Å². The number of carbonyl (C=O) groups is 2. The Hall–Kier alpha value is -2.92. The minimum absolute atomic E-state index is 0.0712. The van der Waals surface area contributed by atoms with E-state index in [1.54, 1.807) is 0 Å². The highest BCUT2D eigenvalue weighted by Gasteiger charge is 2.16. The van der Waals surface area contributed by atoms with Gasteiger partial charge in [-0.05, 0) is 70.6 Å². The van der Waals surface area contributed by atoms with Gasteiger partial charge in [-0.3, -0.25) is 9.59 Å². The summed E-state index contributed by atoms with van der Waals surface area (Å²) in [7, 11) is 0. The maximum Gasteiger partial charge on any atom is 0.306 e. The molecule has 0 fully saturated rings. The van der Waals surface area contributed by atoms with Crippen LogP contribution in [0.25, 0.3) is 0 Å². The molecule has 296 valence electrons. The van der Waals surface area contributed by atoms with Crippen LogP contribution in [0.2, 0.25) is 0 Å². The molecule has 0 aromatic heterocycles. The van der Waals surface area contributed by atoms with Crippen molar-refractivity contribution in [2.45, 2.75) is 187 Å². The summed E-state index contributed by atoms with van der Waals surface area (Å²) in [5.41, 5.74) is 0. The topological polar surface area (TPSA) is 72.8 Å². The van der Waals surface area contributed by atoms with Gasteiger partial charge in [-0.25, -0.2) is 0 Å². The summed E-state index contributed by atoms with van der Waals surface area (Å²) in [4.78, 5) is 24.1. The number of esters is 2. The lowest BCUT2D eigenvalue weighted by molar-refractivity contribution is -0.161. The van der Waals surface area contributed by atoms with E-state index >= 15 is 0 Å². The molecule has 0 aliphatic rings. The fourth-order valence-corrected chi connectivity index (χ4v) is 5.53. The van der Waals surface area contributed by atoms with Gasteiger partial charge in [0.15, 0.2) is 6.10 Å². The van der Waals surface area contributed by atoms with E-state index in [2.05, 4.69) is 98.9 Å². The third-order valence-electron chi connectivity index (χ3n) is 8.70. The van der Waals surface area contributed by atoms with Crippen LogP contribution in [0.15, 0.2) is 85.1 Å². The number of unbranched alkanes of at least 4 members (excludes halogenated alkanes) is 15. The van der Waals surface area contributed by atoms with Crippen molar-refractivity contribution in [3.05, 3.63) is 85.1 Å². The molecule has 0 aliphatic carbocycles. The quantitative estimate of drug-likeness (QED) is 0.0393. The number of hydrogen-bond donors (Lipinski definition) is 1. The summed E-state index contributed by atoms with van der Waals surface area (Å²) < 4.78 is 10.5. The van der Waals surface area contributed by atoms with Gasteiger partial charge in [0, 0.05) is 12.8 Å². The summed E-state index contributed by atoms with van der Waals surface area (Å²) in [5.74, 6) is -0.610. The van der Waals surface area contributed by atoms with Gasteiger partial charge in [0.1, 0.15) is 6.61 Å². The fourth-order valence-electron chi connectivity index (χ4n) is 5.53. The molecule has 0 spiro atoms. The second-order valence-electron chi connectivity index (χ2n) is 13.7. The predicted octanol–water partition coefficient (Wildman–Crippen LogP) is 13.5. The highest BCUT2D eigenvalue weighted by molar-refractivity contribution is 5.70. The molecule has 52 heavy (non-hydrogen) atoms. The van der Waals surface area contributed by atoms with Crippen LogP contribution in [0.5, 0.6) is 0 Å². The van der Waals surface area contributed by atoms with E-state index in [0.717, 1.165) is 89.9 Å². The normalized spacial score (nSPS) is 13.1. The maximum atomic E-state index is 12.1. The van der Waals surface area contributed by atoms with Gasteiger partial charge in [0.25, 0.3) is 0 Å². The smallest absolute Gasteiger partial charge is 0.306 e. The SMILES string of the molecule is CC/C=C\C/C=C\C/C=C\C/C=C\C/C=C\C/C=C\C/C=C\CCCCCCCCCCCC(=O)OC(CO)COC(=O)CCCCCCCCC. The number of hydrogen-bond acceptors (Lipinski definition) is 5. The molecule has 5 heteroatoms. The molecule has 0 saturated carbocycles. The molecule has 0 bridgehead atoms. The summed E-state index contributed by atoms with van der Waals surface area (Å²) >= 11 is 0. The first-order valence-corrected chi connectivity index (χ1v) is 21.1. The number of ether oxygens (including phenoxy) is 2. The molecule has 0 saturated heterocycles. The Bertz CT molecular complexity index is 999. The van der Waals surface area contributed by atoms with Gasteiger partial charge in [0.2, 0.25) is 0 Å². The number of aliphatic hydroxyl groups is 1. The number of rotatable bonds is 37. The van der Waals surface area contributed by atoms with Gasteiger partial charge >= 0.3 is 11.9 Å². The van der Waals surface area contributed by atoms with Crippen LogP contribution in [-0.4, -0.2) is 36.4 Å². The first kappa shape index (κ1) is 49.1. The Labute approximate surface area is 320 Å². The molecule has 0 aliphatic heterocycles. The average Bonchev–Trinajstić information content (AvgIpc) is 3.15. The van der Waals surface area contributed by atoms with E-state index in [1.807, 2.05) is 0 Å². The summed E-state index contributed by atoms with van der Waals surface area (Å²) in [6.45, 7) is 3.96. The molecule has 0 amide bonds. The predicted molar refractivity (Wildman–Crippen MR) is 223 cm³/mol. The van der Waals surface area contributed by atoms with Crippen LogP contribution in [0.1, 0.15) is 181 Å². The summed E-state index contributed by atoms with van der Waals surface area (Å²) in [6, 6.07) is 0. The van der Waals surface area contributed by atoms with Crippen LogP contribution < -0.4 is 0 Å². The Kier molecular flexibility index (Phi) is 40.1. The molecule has 1 unspecified atom stereocenters. The number of carbonyl (C=O) groups excluding carboxylic acids is 2. The molecule has 1 atom stereocenters. The van der Waals surface area contributed by atoms with Crippen LogP contribution in [0, 0.1) is 0 Å². The highest BCUT2D eigenvalue weighted by atomic mass is 16.6. The van der Waals surface area contributed by atoms with Crippen molar-refractivity contribution in [2.75, 3.05) is 13.2 Å². The van der Waals surface area contributed by atoms with Gasteiger partial charge < -0.3 is 14.6 Å². The lowest BCUT2D eigenvalue weighted by Gasteiger charge is -2.15. The van der Waals surface area contributed by atoms with Crippen molar-refractivity contribution in [1.82, 2.24) is 0 Å². The second-order valence-corrected chi connectivity index (χ2v) is 13.7. The molecule has 0 rings (SSSR count). The average molecular weight is 723 g/mol. The second kappa shape index (κ2) is 42.5. The zero-order valence-corrected chi connectivity index (χ0v) is 33.5. The van der Waals surface area contributed by atoms with Gasteiger partial charge in [-0.15, -0.1) is 0 Å². The molecule has 5 nitrogen and oxygen atoms in total. The van der Waals surface area contributed by atoms with E-state index in [1.165, 1.54) is 64.2 Å². The molecule has 0 heterocycles. The minimum Gasteiger partial charge on any atom is -0.462 e. The Morgan fingerprint density at radius 2 is 0.827 bits per heavy atom. The van der Waals surface area contributed by atoms with Crippen LogP contribution in [0.4, 0.5) is 0 Å². The Morgan fingerprint density at radius 3 is 1.25 bits per heavy atom. The molecular formula is C47H78O5. The third kappa shape index (κ3) is 39.9. The van der Waals surface area contributed by atoms with E-state index in [-0.39, 0.29) is 25.2 Å². The van der Waals surface area contributed by atoms with Crippen molar-refractivity contribution in [1.29, 1.82) is 0 Å². The van der Waals surface area contributed by atoms with Crippen molar-refractivity contribution in [3.8, 4) is 0 Å². The molecule has 0 radical (unpaired) electrons. The largest absolute Gasteiger partial charge is 0.462 e. The monoisotopic (exact) mass is 723 g/mol. The van der Waals surface area contributed by atoms with E-state index in [9.17, 15) is 14.7 Å². The van der Waals surface area contributed by atoms with Crippen molar-refractivity contribution >= 4 is 11.9 Å². The van der Waals surface area contributed by atoms with Crippen molar-refractivity contribution in [2.24, 2.45) is 0 Å². The van der Waals surface area contributed by atoms with Crippen molar-refractivity contribution in [3.63, 3.8) is 0 Å². The van der Waals surface area contributed by atoms with Crippen LogP contribution in [0.3, 0.4) is 0 Å². The van der Waals surface area contributed by atoms with Gasteiger partial charge in [-0.2, -0.15) is 0 Å². The molecular weight excluding hydrogens is 645 g/mol. The summed E-state index contributed by atoms with van der Waals surface area (Å²) in [5, 5.41) is 9.51. The van der Waals surface area contributed by atoms with Crippen LogP contribution in [-0.2, 0) is 19.1 Å². The molecule has 1 N–H and O–H groups in total. The van der Waals surface area contributed by atoms with E-state index < -0.39 is 6.10 Å². The highest BCUT2D eigenvalue weighted by Crippen LogP contribution is 2.13. The molecule has 0 aromatic rings. The lowest BCUT2D eigenvalue weighted by atomic mass is 10.1. The number of allylic oxidation sites excluding steroid dienone is 14. The Balaban J connectivity index is 3.57. The standard InChI is InChI=1S/C47H78O5/c1-3-5-7-9-11-12-13-14-15-16-17-18-19-20-21-22-23-24-25-26-27-28-29-30-31-32-33-34-36-38-40-42-47(50)52-45(43-48)44-51-46(49)41-39-37-35-10-8-6-4-2/h5,7,11-12,14-15,17-18,20-21,23-24,26-27,45,48H,3-4,6,8-10,13,16,19,22,25,28-44H2,1-2H3/b7-5-,12-11-,15-14-,18-17-,21-20-,24-23-,27-26-. The van der Waals surface area contributed by atoms with Crippen molar-refractivity contribution < 1.29 is 24.2 Å². The number of aliphatic hydroxyl groups excluding tert-OH is 1. The lowest BCUT2D eigenvalue weighted by Crippen LogP contribution is -2.28. The first-order chi connectivity index (χ1) is 25.6. The maximum absolute atomic E-state index is 12.1. The first-order valence-electron chi connectivity index (χ1n) is 21.1. The zero-order chi connectivity index (χ0) is 37.8. The third-order valence-corrected chi connectivity index (χ3v) is 8.70. The van der Waals surface area contributed by atoms with Crippen LogP contribution >= 0.6 is 0 Å². The Morgan fingerprint density at radius 1 is 0.462 bits per heavy atom. The minimum atomic E-state index is -0.774. The van der Waals surface area contributed by atoms with Gasteiger partial charge in [-0.1, -0.05) is 182 Å². The van der Waals surface area contributed by atoms with E-state index in [4.69, 9.17) is 9.47 Å². The summed E-state index contributed by atoms with van der Waals surface area (Å²) in [6.07, 6.45) is 58.2. The fraction of sp³-hybridized carbons (Fsp3) is 0.660. The zero-order valence-electron chi connectivity index (χ0n) is 33.5. The molecule has 0 aromatic carbocycles. The van der Waals surface area contributed by atoms with E-state index in [0.29, 0.717) is 12.8 Å².